The minimum atomic E-state index is 0.401. The first-order valence-electron chi connectivity index (χ1n) is 9.94. The van der Waals surface area contributed by atoms with Crippen LogP contribution in [0, 0.1) is 12.3 Å². The number of hydrogen-bond acceptors (Lipinski definition) is 9. The van der Waals surface area contributed by atoms with Crippen LogP contribution in [0.3, 0.4) is 0 Å². The summed E-state index contributed by atoms with van der Waals surface area (Å²) in [6, 6.07) is 7.79. The summed E-state index contributed by atoms with van der Waals surface area (Å²) in [5.41, 5.74) is 9.09. The lowest BCUT2D eigenvalue weighted by Crippen LogP contribution is -2.28. The van der Waals surface area contributed by atoms with Crippen LogP contribution in [-0.4, -0.2) is 52.3 Å². The number of hydrogen-bond donors (Lipinski definition) is 4. The van der Waals surface area contributed by atoms with Crippen LogP contribution in [0.25, 0.3) is 11.4 Å². The third-order valence-corrected chi connectivity index (χ3v) is 5.00. The van der Waals surface area contributed by atoms with Gasteiger partial charge >= 0.3 is 0 Å². The van der Waals surface area contributed by atoms with E-state index in [0.29, 0.717) is 34.3 Å². The highest BCUT2D eigenvalue weighted by atomic mass is 15.2. The molecule has 9 heteroatoms. The maximum atomic E-state index is 7.73. The molecule has 5 N–H and O–H groups in total. The Balaban J connectivity index is 1.63. The van der Waals surface area contributed by atoms with Gasteiger partial charge in [0.25, 0.3) is 0 Å². The molecule has 0 atom stereocenters. The number of nitrogen functional groups attached to an aromatic ring is 1. The molecule has 3 aromatic rings. The van der Waals surface area contributed by atoms with Gasteiger partial charge in [-0.25, -0.2) is 15.0 Å². The van der Waals surface area contributed by atoms with Gasteiger partial charge in [-0.3, -0.25) is 4.98 Å². The van der Waals surface area contributed by atoms with Crippen molar-refractivity contribution in [2.45, 2.75) is 13.3 Å². The zero-order valence-electron chi connectivity index (χ0n) is 16.9. The minimum absolute atomic E-state index is 0.401. The molecule has 30 heavy (non-hydrogen) atoms. The van der Waals surface area contributed by atoms with Crippen molar-refractivity contribution >= 4 is 29.4 Å². The lowest BCUT2D eigenvalue weighted by molar-refractivity contribution is 0.724. The Morgan fingerprint density at radius 3 is 2.87 bits per heavy atom. The average molecular weight is 403 g/mol. The molecule has 0 amide bonds. The summed E-state index contributed by atoms with van der Waals surface area (Å²) < 4.78 is 0. The van der Waals surface area contributed by atoms with Crippen molar-refractivity contribution in [3.05, 3.63) is 47.9 Å². The second kappa shape index (κ2) is 8.83. The normalized spacial score (nSPS) is 14.2. The van der Waals surface area contributed by atoms with E-state index in [1.807, 2.05) is 31.2 Å². The van der Waals surface area contributed by atoms with Gasteiger partial charge in [0, 0.05) is 37.6 Å². The summed E-state index contributed by atoms with van der Waals surface area (Å²) >= 11 is 0. The standard InChI is InChI=1S/C21H25N9/c1-14-21(23)26-13-18(27-14)17-10-16(15(11-22)12-25-17)28-19-4-2-5-20(29-19)30-8-3-6-24-7-9-30/h2,4-5,10-13,22,24H,3,6-9H2,1H3,(H2,23,26)(H,25,28,29). The second-order valence-corrected chi connectivity index (χ2v) is 7.12. The molecule has 1 fully saturated rings. The van der Waals surface area contributed by atoms with Gasteiger partial charge in [-0.15, -0.1) is 0 Å². The van der Waals surface area contributed by atoms with E-state index >= 15 is 0 Å². The smallest absolute Gasteiger partial charge is 0.144 e. The highest BCUT2D eigenvalue weighted by molar-refractivity contribution is 5.88. The number of aromatic nitrogens is 4. The molecule has 0 aliphatic carbocycles. The van der Waals surface area contributed by atoms with Crippen LogP contribution in [0.5, 0.6) is 0 Å². The molecule has 1 saturated heterocycles. The van der Waals surface area contributed by atoms with Crippen LogP contribution in [0.4, 0.5) is 23.1 Å². The predicted octanol–water partition coefficient (Wildman–Crippen LogP) is 2.37. The van der Waals surface area contributed by atoms with Crippen LogP contribution < -0.4 is 21.3 Å². The zero-order chi connectivity index (χ0) is 20.9. The van der Waals surface area contributed by atoms with E-state index in [9.17, 15) is 0 Å². The summed E-state index contributed by atoms with van der Waals surface area (Å²) in [6.07, 6.45) is 5.60. The molecule has 3 aromatic heterocycles. The molecule has 4 heterocycles. The topological polar surface area (TPSA) is 129 Å². The molecule has 9 nitrogen and oxygen atoms in total. The Morgan fingerprint density at radius 2 is 2.03 bits per heavy atom. The fraction of sp³-hybridized carbons (Fsp3) is 0.286. The second-order valence-electron chi connectivity index (χ2n) is 7.12. The molecule has 1 aliphatic heterocycles. The maximum absolute atomic E-state index is 7.73. The summed E-state index contributed by atoms with van der Waals surface area (Å²) in [5.74, 6) is 2.05. The Kier molecular flexibility index (Phi) is 5.80. The first-order valence-corrected chi connectivity index (χ1v) is 9.94. The Morgan fingerprint density at radius 1 is 1.13 bits per heavy atom. The van der Waals surface area contributed by atoms with E-state index in [1.165, 1.54) is 6.21 Å². The van der Waals surface area contributed by atoms with Gasteiger partial charge in [-0.2, -0.15) is 0 Å². The summed E-state index contributed by atoms with van der Waals surface area (Å²) in [7, 11) is 0. The van der Waals surface area contributed by atoms with Crippen molar-refractivity contribution in [2.75, 3.05) is 42.1 Å². The number of anilines is 4. The maximum Gasteiger partial charge on any atom is 0.144 e. The highest BCUT2D eigenvalue weighted by Gasteiger charge is 2.13. The van der Waals surface area contributed by atoms with Crippen molar-refractivity contribution in [2.24, 2.45) is 0 Å². The van der Waals surface area contributed by atoms with Crippen LogP contribution in [0.15, 0.2) is 36.7 Å². The molecule has 0 unspecified atom stereocenters. The number of nitrogens with zero attached hydrogens (tertiary/aromatic N) is 5. The lowest BCUT2D eigenvalue weighted by atomic mass is 10.2. The Labute approximate surface area is 175 Å². The number of nitrogens with one attached hydrogen (secondary N) is 3. The largest absolute Gasteiger partial charge is 0.382 e. The van der Waals surface area contributed by atoms with Gasteiger partial charge < -0.3 is 26.7 Å². The van der Waals surface area contributed by atoms with Gasteiger partial charge in [-0.1, -0.05) is 6.07 Å². The Hall–Kier alpha value is -3.59. The van der Waals surface area contributed by atoms with E-state index in [0.717, 1.165) is 44.1 Å². The van der Waals surface area contributed by atoms with E-state index < -0.39 is 0 Å². The van der Waals surface area contributed by atoms with Crippen molar-refractivity contribution in [3.8, 4) is 11.4 Å². The van der Waals surface area contributed by atoms with Crippen molar-refractivity contribution in [1.82, 2.24) is 25.3 Å². The third kappa shape index (κ3) is 4.36. The van der Waals surface area contributed by atoms with Gasteiger partial charge in [-0.05, 0) is 38.1 Å². The van der Waals surface area contributed by atoms with Crippen molar-refractivity contribution < 1.29 is 0 Å². The molecule has 0 bridgehead atoms. The minimum Gasteiger partial charge on any atom is -0.382 e. The van der Waals surface area contributed by atoms with Crippen LogP contribution in [-0.2, 0) is 0 Å². The zero-order valence-corrected chi connectivity index (χ0v) is 16.9. The van der Waals surface area contributed by atoms with Gasteiger partial charge in [0.15, 0.2) is 0 Å². The average Bonchev–Trinajstić information content (AvgIpc) is 3.05. The van der Waals surface area contributed by atoms with Crippen LogP contribution >= 0.6 is 0 Å². The first kappa shape index (κ1) is 19.7. The summed E-state index contributed by atoms with van der Waals surface area (Å²) in [6.45, 7) is 5.70. The predicted molar refractivity (Wildman–Crippen MR) is 120 cm³/mol. The quantitative estimate of drug-likeness (QED) is 0.478. The van der Waals surface area contributed by atoms with E-state index in [2.05, 4.69) is 30.5 Å². The molecule has 4 rings (SSSR count). The highest BCUT2D eigenvalue weighted by Crippen LogP contribution is 2.25. The number of rotatable bonds is 5. The van der Waals surface area contributed by atoms with E-state index in [1.54, 1.807) is 12.4 Å². The molecular formula is C21H25N9. The van der Waals surface area contributed by atoms with E-state index in [4.69, 9.17) is 16.1 Å². The van der Waals surface area contributed by atoms with Gasteiger partial charge in [0.05, 0.1) is 23.3 Å². The molecule has 1 aliphatic rings. The number of aryl methyl sites for hydroxylation is 1. The molecule has 154 valence electrons. The number of nitrogens with two attached hydrogens (primary N) is 1. The number of pyridine rings is 2. The monoisotopic (exact) mass is 403 g/mol. The SMILES string of the molecule is Cc1nc(-c2cc(Nc3cccc(N4CCCNCC4)n3)c(C=N)cn2)cnc1N. The molecule has 0 spiro atoms. The summed E-state index contributed by atoms with van der Waals surface area (Å²) in [5, 5.41) is 14.5. The van der Waals surface area contributed by atoms with Crippen molar-refractivity contribution in [3.63, 3.8) is 0 Å². The third-order valence-electron chi connectivity index (χ3n) is 5.00. The Bertz CT molecular complexity index is 1040. The first-order chi connectivity index (χ1) is 14.6. The van der Waals surface area contributed by atoms with Gasteiger partial charge in [0.2, 0.25) is 0 Å². The van der Waals surface area contributed by atoms with Crippen LogP contribution in [0.1, 0.15) is 17.7 Å². The molecule has 0 aromatic carbocycles. The molecular weight excluding hydrogens is 378 g/mol. The molecule has 0 saturated carbocycles. The fourth-order valence-corrected chi connectivity index (χ4v) is 3.33. The fourth-order valence-electron chi connectivity index (χ4n) is 3.33. The van der Waals surface area contributed by atoms with Crippen LogP contribution in [0.2, 0.25) is 0 Å². The lowest BCUT2D eigenvalue weighted by Gasteiger charge is -2.21. The summed E-state index contributed by atoms with van der Waals surface area (Å²) in [4.78, 5) is 20.1. The van der Waals surface area contributed by atoms with E-state index in [-0.39, 0.29) is 0 Å². The molecule has 0 radical (unpaired) electrons. The van der Waals surface area contributed by atoms with Crippen molar-refractivity contribution in [1.29, 1.82) is 5.41 Å². The van der Waals surface area contributed by atoms with Gasteiger partial charge in [0.1, 0.15) is 23.1 Å².